The van der Waals surface area contributed by atoms with E-state index in [2.05, 4.69) is 15.5 Å². The summed E-state index contributed by atoms with van der Waals surface area (Å²) in [6.07, 6.45) is 8.27. The summed E-state index contributed by atoms with van der Waals surface area (Å²) in [6, 6.07) is 4.88. The van der Waals surface area contributed by atoms with Gasteiger partial charge in [0.25, 0.3) is 5.91 Å². The van der Waals surface area contributed by atoms with E-state index in [0.717, 1.165) is 5.57 Å². The number of aromatic nitrogens is 1. The molecule has 2 aromatic heterocycles. The number of amides is 2. The Balaban J connectivity index is 1.55. The molecule has 0 spiro atoms. The lowest BCUT2D eigenvalue weighted by molar-refractivity contribution is -0.116. The van der Waals surface area contributed by atoms with Gasteiger partial charge in [-0.2, -0.15) is 0 Å². The fourth-order valence-electron chi connectivity index (χ4n) is 2.92. The van der Waals surface area contributed by atoms with Crippen molar-refractivity contribution < 1.29 is 23.3 Å². The fraction of sp³-hybridized carbons (Fsp3) is 0.158. The number of nitrogens with one attached hydrogen (secondary N) is 1. The normalized spacial score (nSPS) is 20.1. The smallest absolute Gasteiger partial charge is 0.299 e. The van der Waals surface area contributed by atoms with E-state index in [0.29, 0.717) is 29.5 Å². The van der Waals surface area contributed by atoms with Crippen LogP contribution in [-0.2, 0) is 9.53 Å². The monoisotopic (exact) mass is 365 g/mol. The van der Waals surface area contributed by atoms with E-state index in [4.69, 9.17) is 13.7 Å². The summed E-state index contributed by atoms with van der Waals surface area (Å²) in [5, 5.41) is 6.51. The van der Waals surface area contributed by atoms with Crippen molar-refractivity contribution in [2.45, 2.75) is 0 Å². The molecular weight excluding hydrogens is 350 g/mol. The average molecular weight is 365 g/mol. The molecule has 4 rings (SSSR count). The molecule has 0 radical (unpaired) electrons. The Bertz CT molecular complexity index is 1010. The van der Waals surface area contributed by atoms with Crippen molar-refractivity contribution in [2.24, 2.45) is 10.9 Å². The van der Waals surface area contributed by atoms with Gasteiger partial charge in [-0.05, 0) is 29.9 Å². The fourth-order valence-corrected chi connectivity index (χ4v) is 2.92. The average Bonchev–Trinajstić information content (AvgIpc) is 3.33. The Kier molecular flexibility index (Phi) is 4.39. The van der Waals surface area contributed by atoms with Crippen molar-refractivity contribution in [3.63, 3.8) is 0 Å². The molecule has 8 heteroatoms. The Morgan fingerprint density at radius 2 is 2.26 bits per heavy atom. The van der Waals surface area contributed by atoms with Crippen molar-refractivity contribution in [3.05, 3.63) is 65.7 Å². The van der Waals surface area contributed by atoms with Crippen LogP contribution in [0.1, 0.15) is 10.5 Å². The molecule has 2 aliphatic rings. The third-order valence-corrected chi connectivity index (χ3v) is 4.12. The Labute approximate surface area is 153 Å². The Morgan fingerprint density at radius 3 is 3.04 bits per heavy atom. The minimum absolute atomic E-state index is 0.0653. The van der Waals surface area contributed by atoms with Crippen LogP contribution in [0.4, 0.5) is 0 Å². The van der Waals surface area contributed by atoms with Gasteiger partial charge in [-0.25, -0.2) is 4.99 Å². The summed E-state index contributed by atoms with van der Waals surface area (Å²) in [5.74, 6) is -0.0742. The summed E-state index contributed by atoms with van der Waals surface area (Å²) in [4.78, 5) is 28.2. The SMILES string of the molecule is COCC1=CC(=O)NC2=CC(=NC(=O)c3cc(-c4ccco4)on3)C=CC12. The van der Waals surface area contributed by atoms with Crippen LogP contribution in [0.15, 0.2) is 74.0 Å². The number of aliphatic imine (C=N–C) groups is 1. The predicted molar refractivity (Wildman–Crippen MR) is 94.8 cm³/mol. The maximum absolute atomic E-state index is 12.4. The first-order chi connectivity index (χ1) is 13.1. The van der Waals surface area contributed by atoms with E-state index in [1.165, 1.54) is 18.4 Å². The molecule has 0 fully saturated rings. The zero-order chi connectivity index (χ0) is 18.8. The van der Waals surface area contributed by atoms with Gasteiger partial charge in [-0.15, -0.1) is 0 Å². The van der Waals surface area contributed by atoms with Gasteiger partial charge in [0, 0.05) is 30.9 Å². The number of furan rings is 1. The van der Waals surface area contributed by atoms with Crippen molar-refractivity contribution in [1.29, 1.82) is 0 Å². The molecule has 0 bridgehead atoms. The number of rotatable bonds is 4. The summed E-state index contributed by atoms with van der Waals surface area (Å²) >= 11 is 0. The number of allylic oxidation sites excluding steroid dienone is 3. The number of nitrogens with zero attached hydrogens (tertiary/aromatic N) is 2. The molecule has 8 nitrogen and oxygen atoms in total. The number of methoxy groups -OCH3 is 1. The third-order valence-electron chi connectivity index (χ3n) is 4.12. The number of fused-ring (bicyclic) bond motifs is 1. The third kappa shape index (κ3) is 3.42. The number of ether oxygens (including phenoxy) is 1. The lowest BCUT2D eigenvalue weighted by Crippen LogP contribution is -2.34. The molecule has 3 heterocycles. The molecule has 2 amide bonds. The second kappa shape index (κ2) is 7.00. The quantitative estimate of drug-likeness (QED) is 0.891. The molecule has 1 N–H and O–H groups in total. The topological polar surface area (TPSA) is 107 Å². The van der Waals surface area contributed by atoms with E-state index < -0.39 is 5.91 Å². The molecule has 0 saturated heterocycles. The van der Waals surface area contributed by atoms with Gasteiger partial charge < -0.3 is 19.0 Å². The molecule has 0 aromatic carbocycles. The largest absolute Gasteiger partial charge is 0.461 e. The van der Waals surface area contributed by atoms with Crippen LogP contribution in [0.2, 0.25) is 0 Å². The highest BCUT2D eigenvalue weighted by Gasteiger charge is 2.26. The van der Waals surface area contributed by atoms with Crippen LogP contribution in [-0.4, -0.2) is 36.4 Å². The number of carbonyl (C=O) groups excluding carboxylic acids is 2. The summed E-state index contributed by atoms with van der Waals surface area (Å²) in [5.41, 5.74) is 1.97. The van der Waals surface area contributed by atoms with Crippen molar-refractivity contribution in [1.82, 2.24) is 10.5 Å². The zero-order valence-electron chi connectivity index (χ0n) is 14.3. The maximum Gasteiger partial charge on any atom is 0.299 e. The van der Waals surface area contributed by atoms with Crippen LogP contribution in [0.5, 0.6) is 0 Å². The van der Waals surface area contributed by atoms with Crippen molar-refractivity contribution in [2.75, 3.05) is 13.7 Å². The lowest BCUT2D eigenvalue weighted by Gasteiger charge is -2.27. The molecule has 1 atom stereocenters. The molecular formula is C19H15N3O5. The molecule has 27 heavy (non-hydrogen) atoms. The highest BCUT2D eigenvalue weighted by atomic mass is 16.5. The van der Waals surface area contributed by atoms with Gasteiger partial charge in [-0.1, -0.05) is 11.2 Å². The van der Waals surface area contributed by atoms with Gasteiger partial charge in [-0.3, -0.25) is 9.59 Å². The molecule has 1 aliphatic carbocycles. The van der Waals surface area contributed by atoms with E-state index >= 15 is 0 Å². The minimum Gasteiger partial charge on any atom is -0.461 e. The van der Waals surface area contributed by atoms with Gasteiger partial charge >= 0.3 is 0 Å². The van der Waals surface area contributed by atoms with Crippen LogP contribution in [0.3, 0.4) is 0 Å². The van der Waals surface area contributed by atoms with Crippen molar-refractivity contribution >= 4 is 17.5 Å². The first kappa shape index (κ1) is 16.9. The molecule has 2 aromatic rings. The standard InChI is InChI=1S/C19H15N3O5/c1-25-10-11-7-18(23)21-14-8-12(4-5-13(11)14)20-19(24)15-9-17(27-22-15)16-3-2-6-26-16/h2-9,13H,10H2,1H3,(H,21,23). The molecule has 1 unspecified atom stereocenters. The number of carbonyl (C=O) groups is 2. The van der Waals surface area contributed by atoms with Gasteiger partial charge in [0.15, 0.2) is 11.5 Å². The predicted octanol–water partition coefficient (Wildman–Crippen LogP) is 2.29. The second-order valence-electron chi connectivity index (χ2n) is 5.97. The van der Waals surface area contributed by atoms with E-state index in [9.17, 15) is 9.59 Å². The van der Waals surface area contributed by atoms with E-state index in [-0.39, 0.29) is 17.5 Å². The Morgan fingerprint density at radius 1 is 1.37 bits per heavy atom. The second-order valence-corrected chi connectivity index (χ2v) is 5.97. The molecule has 136 valence electrons. The lowest BCUT2D eigenvalue weighted by atomic mass is 9.88. The van der Waals surface area contributed by atoms with Crippen LogP contribution in [0.25, 0.3) is 11.5 Å². The van der Waals surface area contributed by atoms with E-state index in [1.807, 2.05) is 6.08 Å². The molecule has 0 saturated carbocycles. The van der Waals surface area contributed by atoms with Gasteiger partial charge in [0.1, 0.15) is 0 Å². The molecule has 1 aliphatic heterocycles. The van der Waals surface area contributed by atoms with Crippen molar-refractivity contribution in [3.8, 4) is 11.5 Å². The Hall–Kier alpha value is -3.52. The van der Waals surface area contributed by atoms with E-state index in [1.54, 1.807) is 31.4 Å². The summed E-state index contributed by atoms with van der Waals surface area (Å²) < 4.78 is 15.5. The minimum atomic E-state index is -0.554. The van der Waals surface area contributed by atoms with Gasteiger partial charge in [0.2, 0.25) is 11.7 Å². The van der Waals surface area contributed by atoms with Crippen LogP contribution in [0, 0.1) is 5.92 Å². The van der Waals surface area contributed by atoms with Gasteiger partial charge in [0.05, 0.1) is 18.6 Å². The highest BCUT2D eigenvalue weighted by molar-refractivity contribution is 6.13. The number of hydrogen-bond donors (Lipinski definition) is 1. The summed E-state index contributed by atoms with van der Waals surface area (Å²) in [7, 11) is 1.57. The van der Waals surface area contributed by atoms with Crippen LogP contribution >= 0.6 is 0 Å². The highest BCUT2D eigenvalue weighted by Crippen LogP contribution is 2.27. The number of hydrogen-bond acceptors (Lipinski definition) is 6. The van der Waals surface area contributed by atoms with Crippen LogP contribution < -0.4 is 5.32 Å². The maximum atomic E-state index is 12.4. The first-order valence-corrected chi connectivity index (χ1v) is 8.18. The summed E-state index contributed by atoms with van der Waals surface area (Å²) in [6.45, 7) is 0.347. The first-order valence-electron chi connectivity index (χ1n) is 8.18. The zero-order valence-corrected chi connectivity index (χ0v) is 14.3.